The third-order valence-electron chi connectivity index (χ3n) is 10.3. The highest BCUT2D eigenvalue weighted by Gasteiger charge is 2.19. The van der Waals surface area contributed by atoms with E-state index in [-0.39, 0.29) is 31.1 Å². The van der Waals surface area contributed by atoms with Crippen LogP contribution in [0.1, 0.15) is 252 Å². The maximum atomic E-state index is 12.7. The molecule has 6 heteroatoms. The van der Waals surface area contributed by atoms with Gasteiger partial charge in [0.15, 0.2) is 6.10 Å². The van der Waals surface area contributed by atoms with Gasteiger partial charge < -0.3 is 14.2 Å². The van der Waals surface area contributed by atoms with Crippen LogP contribution in [-0.4, -0.2) is 37.2 Å². The molecule has 0 aliphatic carbocycles. The minimum Gasteiger partial charge on any atom is -0.462 e. The molecule has 0 saturated carbocycles. The number of rotatable bonds is 41. The summed E-state index contributed by atoms with van der Waals surface area (Å²) in [7, 11) is 0. The summed E-state index contributed by atoms with van der Waals surface area (Å²) in [5.74, 6) is -0.0413. The van der Waals surface area contributed by atoms with Gasteiger partial charge in [-0.3, -0.25) is 14.4 Å². The van der Waals surface area contributed by atoms with Crippen LogP contribution in [0.5, 0.6) is 0 Å². The van der Waals surface area contributed by atoms with Gasteiger partial charge in [-0.15, -0.1) is 0 Å². The van der Waals surface area contributed by atoms with Crippen LogP contribution in [0.3, 0.4) is 0 Å². The van der Waals surface area contributed by atoms with E-state index in [4.69, 9.17) is 14.2 Å². The predicted octanol–water partition coefficient (Wildman–Crippen LogP) is 14.3. The van der Waals surface area contributed by atoms with Crippen LogP contribution in [-0.2, 0) is 28.6 Å². The van der Waals surface area contributed by atoms with Crippen molar-refractivity contribution >= 4 is 17.9 Å². The second kappa shape index (κ2) is 40.6. The van der Waals surface area contributed by atoms with Gasteiger partial charge in [-0.25, -0.2) is 0 Å². The first-order valence-electron chi connectivity index (χ1n) is 22.9. The van der Waals surface area contributed by atoms with Crippen molar-refractivity contribution in [3.63, 3.8) is 0 Å². The molecule has 6 nitrogen and oxygen atoms in total. The van der Waals surface area contributed by atoms with Gasteiger partial charge in [-0.2, -0.15) is 0 Å². The van der Waals surface area contributed by atoms with Crippen molar-refractivity contribution in [2.45, 2.75) is 259 Å². The van der Waals surface area contributed by atoms with E-state index in [1.807, 2.05) is 0 Å². The molecule has 0 spiro atoms. The molecule has 0 aromatic carbocycles. The minimum atomic E-state index is -0.758. The molecule has 0 saturated heterocycles. The number of hydrogen-bond acceptors (Lipinski definition) is 6. The molecular formula is C46H88O6. The molecule has 0 N–H and O–H groups in total. The van der Waals surface area contributed by atoms with Crippen molar-refractivity contribution in [2.24, 2.45) is 5.92 Å². The van der Waals surface area contributed by atoms with Crippen LogP contribution in [0.25, 0.3) is 0 Å². The number of ether oxygens (including phenoxy) is 3. The Balaban J connectivity index is 4.26. The van der Waals surface area contributed by atoms with Gasteiger partial charge in [0.2, 0.25) is 0 Å². The Bertz CT molecular complexity index is 781. The minimum absolute atomic E-state index is 0.0643. The molecule has 0 aliphatic heterocycles. The predicted molar refractivity (Wildman–Crippen MR) is 220 cm³/mol. The normalized spacial score (nSPS) is 11.9. The number of carbonyl (C=O) groups excluding carboxylic acids is 3. The van der Waals surface area contributed by atoms with Gasteiger partial charge >= 0.3 is 17.9 Å². The van der Waals surface area contributed by atoms with E-state index in [1.165, 1.54) is 148 Å². The summed E-state index contributed by atoms with van der Waals surface area (Å²) in [5, 5.41) is 0. The van der Waals surface area contributed by atoms with Crippen LogP contribution in [0, 0.1) is 5.92 Å². The van der Waals surface area contributed by atoms with Gasteiger partial charge in [-0.05, 0) is 25.2 Å². The van der Waals surface area contributed by atoms with E-state index in [0.717, 1.165) is 63.7 Å². The van der Waals surface area contributed by atoms with Crippen LogP contribution in [0.15, 0.2) is 0 Å². The molecule has 0 fully saturated rings. The highest BCUT2D eigenvalue weighted by Crippen LogP contribution is 2.16. The lowest BCUT2D eigenvalue weighted by Crippen LogP contribution is -2.30. The molecule has 0 amide bonds. The van der Waals surface area contributed by atoms with Gasteiger partial charge in [0, 0.05) is 19.3 Å². The molecule has 0 aliphatic rings. The Hall–Kier alpha value is -1.59. The van der Waals surface area contributed by atoms with Crippen LogP contribution in [0.4, 0.5) is 0 Å². The smallest absolute Gasteiger partial charge is 0.306 e. The summed E-state index contributed by atoms with van der Waals surface area (Å²) >= 11 is 0. The fourth-order valence-electron chi connectivity index (χ4n) is 6.80. The Labute approximate surface area is 323 Å². The van der Waals surface area contributed by atoms with Crippen molar-refractivity contribution < 1.29 is 28.6 Å². The lowest BCUT2D eigenvalue weighted by atomic mass is 10.0. The topological polar surface area (TPSA) is 78.9 Å². The molecule has 52 heavy (non-hydrogen) atoms. The zero-order valence-electron chi connectivity index (χ0n) is 35.3. The van der Waals surface area contributed by atoms with Gasteiger partial charge in [-0.1, -0.05) is 214 Å². The molecule has 0 aromatic heterocycles. The Morgan fingerprint density at radius 1 is 0.365 bits per heavy atom. The zero-order valence-corrected chi connectivity index (χ0v) is 35.3. The summed E-state index contributed by atoms with van der Waals surface area (Å²) < 4.78 is 16.7. The first-order chi connectivity index (χ1) is 25.4. The summed E-state index contributed by atoms with van der Waals surface area (Å²) in [6.07, 6.45) is 39.5. The van der Waals surface area contributed by atoms with Crippen LogP contribution < -0.4 is 0 Å². The molecule has 0 unspecified atom stereocenters. The van der Waals surface area contributed by atoms with Crippen LogP contribution in [0.2, 0.25) is 0 Å². The van der Waals surface area contributed by atoms with Crippen LogP contribution >= 0.6 is 0 Å². The lowest BCUT2D eigenvalue weighted by molar-refractivity contribution is -0.167. The summed E-state index contributed by atoms with van der Waals surface area (Å²) in [6, 6.07) is 0. The number of unbranched alkanes of at least 4 members (excludes halogenated alkanes) is 28. The SMILES string of the molecule is CCCCCCCCCCCCCCCCC(=O)O[C@@H](COC(=O)CCCCCCCCC)COC(=O)CCCCCCCCCCCCC(C)C. The van der Waals surface area contributed by atoms with Crippen molar-refractivity contribution in [1.29, 1.82) is 0 Å². The van der Waals surface area contributed by atoms with Gasteiger partial charge in [0.25, 0.3) is 0 Å². The van der Waals surface area contributed by atoms with Crippen molar-refractivity contribution in [3.05, 3.63) is 0 Å². The average molecular weight is 737 g/mol. The maximum absolute atomic E-state index is 12.7. The zero-order chi connectivity index (χ0) is 38.2. The highest BCUT2D eigenvalue weighted by atomic mass is 16.6. The molecule has 0 rings (SSSR count). The highest BCUT2D eigenvalue weighted by molar-refractivity contribution is 5.71. The van der Waals surface area contributed by atoms with Crippen molar-refractivity contribution in [3.8, 4) is 0 Å². The van der Waals surface area contributed by atoms with E-state index in [1.54, 1.807) is 0 Å². The molecule has 1 atom stereocenters. The van der Waals surface area contributed by atoms with Crippen molar-refractivity contribution in [1.82, 2.24) is 0 Å². The van der Waals surface area contributed by atoms with E-state index in [9.17, 15) is 14.4 Å². The quantitative estimate of drug-likeness (QED) is 0.0353. The first kappa shape index (κ1) is 50.4. The molecule has 0 radical (unpaired) electrons. The maximum Gasteiger partial charge on any atom is 0.306 e. The Morgan fingerprint density at radius 2 is 0.635 bits per heavy atom. The van der Waals surface area contributed by atoms with E-state index in [2.05, 4.69) is 27.7 Å². The third-order valence-corrected chi connectivity index (χ3v) is 10.3. The standard InChI is InChI=1S/C46H88O6/c1-5-7-9-11-13-14-15-16-17-18-23-27-31-35-39-46(49)52-43(40-50-44(47)37-33-29-24-12-10-8-6-2)41-51-45(48)38-34-30-26-22-20-19-21-25-28-32-36-42(3)4/h42-43H,5-41H2,1-4H3/t43-/m0/s1. The second-order valence-corrected chi connectivity index (χ2v) is 16.2. The summed E-state index contributed by atoms with van der Waals surface area (Å²) in [6.45, 7) is 8.95. The molecule has 0 aromatic rings. The number of esters is 3. The summed E-state index contributed by atoms with van der Waals surface area (Å²) in [4.78, 5) is 37.6. The largest absolute Gasteiger partial charge is 0.462 e. The summed E-state index contributed by atoms with van der Waals surface area (Å²) in [5.41, 5.74) is 0. The molecular weight excluding hydrogens is 648 g/mol. The van der Waals surface area contributed by atoms with E-state index < -0.39 is 6.10 Å². The average Bonchev–Trinajstić information content (AvgIpc) is 3.12. The fraction of sp³-hybridized carbons (Fsp3) is 0.935. The Kier molecular flexibility index (Phi) is 39.4. The number of hydrogen-bond donors (Lipinski definition) is 0. The molecule has 0 heterocycles. The van der Waals surface area contributed by atoms with Crippen molar-refractivity contribution in [2.75, 3.05) is 13.2 Å². The molecule has 0 bridgehead atoms. The van der Waals surface area contributed by atoms with Gasteiger partial charge in [0.1, 0.15) is 13.2 Å². The van der Waals surface area contributed by atoms with E-state index >= 15 is 0 Å². The monoisotopic (exact) mass is 737 g/mol. The second-order valence-electron chi connectivity index (χ2n) is 16.2. The molecule has 308 valence electrons. The fourth-order valence-corrected chi connectivity index (χ4v) is 6.80. The Morgan fingerprint density at radius 3 is 0.942 bits per heavy atom. The first-order valence-corrected chi connectivity index (χ1v) is 22.9. The lowest BCUT2D eigenvalue weighted by Gasteiger charge is -2.18. The third kappa shape index (κ3) is 39.6. The van der Waals surface area contributed by atoms with E-state index in [0.29, 0.717) is 19.3 Å². The van der Waals surface area contributed by atoms with Gasteiger partial charge in [0.05, 0.1) is 0 Å². The number of carbonyl (C=O) groups is 3.